The Labute approximate surface area is 206 Å². The van der Waals surface area contributed by atoms with Crippen LogP contribution >= 0.6 is 0 Å². The first-order chi connectivity index (χ1) is 15.6. The summed E-state index contributed by atoms with van der Waals surface area (Å²) in [6, 6.07) is 20.2. The van der Waals surface area contributed by atoms with E-state index in [9.17, 15) is 0 Å². The van der Waals surface area contributed by atoms with Gasteiger partial charge in [-0.25, -0.2) is 0 Å². The van der Waals surface area contributed by atoms with Crippen LogP contribution < -0.4 is 13.8 Å². The zero-order chi connectivity index (χ0) is 24.4. The minimum absolute atomic E-state index is 0.420. The van der Waals surface area contributed by atoms with E-state index in [0.717, 1.165) is 0 Å². The first kappa shape index (κ1) is 25.7. The Morgan fingerprint density at radius 3 is 1.00 bits per heavy atom. The molecule has 0 aliphatic carbocycles. The van der Waals surface area contributed by atoms with Crippen LogP contribution in [0.3, 0.4) is 0 Å². The Hall–Kier alpha value is -1.88. The molecule has 0 fully saturated rings. The van der Waals surface area contributed by atoms with Crippen molar-refractivity contribution < 1.29 is 0 Å². The van der Waals surface area contributed by atoms with Gasteiger partial charge in [-0.3, -0.25) is 0 Å². The standard InChI is InChI=1S/C30H41GeN2/c1-18(2)22-12-9-13-23(19(3)4)28(22)26-16-11-17-27(30(26)31(32)33)29-24(20(5)6)14-10-15-25(29)21(7)8/h9-21H,32-33H2,1-8H3. The molecule has 0 bridgehead atoms. The molecule has 0 amide bonds. The predicted octanol–water partition coefficient (Wildman–Crippen LogP) is 7.13. The molecule has 1 radical (unpaired) electrons. The second-order valence-corrected chi connectivity index (χ2v) is 13.4. The van der Waals surface area contributed by atoms with E-state index in [0.29, 0.717) is 23.7 Å². The molecular weight excluding hydrogens is 461 g/mol. The quantitative estimate of drug-likeness (QED) is 0.338. The van der Waals surface area contributed by atoms with Gasteiger partial charge in [0.15, 0.2) is 0 Å². The normalized spacial score (nSPS) is 12.1. The van der Waals surface area contributed by atoms with Crippen molar-refractivity contribution >= 4 is 19.2 Å². The van der Waals surface area contributed by atoms with E-state index in [1.165, 1.54) is 48.9 Å². The molecule has 33 heavy (non-hydrogen) atoms. The van der Waals surface area contributed by atoms with Crippen LogP contribution in [0.2, 0.25) is 0 Å². The van der Waals surface area contributed by atoms with E-state index < -0.39 is 14.8 Å². The number of benzene rings is 3. The van der Waals surface area contributed by atoms with Crippen LogP contribution in [0.15, 0.2) is 54.6 Å². The van der Waals surface area contributed by atoms with Crippen LogP contribution in [0, 0.1) is 0 Å². The Bertz CT molecular complexity index is 976. The van der Waals surface area contributed by atoms with E-state index in [1.807, 2.05) is 0 Å². The van der Waals surface area contributed by atoms with Crippen molar-refractivity contribution in [3.8, 4) is 22.3 Å². The molecule has 0 unspecified atom stereocenters. The van der Waals surface area contributed by atoms with Crippen molar-refractivity contribution in [3.05, 3.63) is 76.9 Å². The molecule has 0 aliphatic rings. The summed E-state index contributed by atoms with van der Waals surface area (Å²) in [6.45, 7) is 18.2. The van der Waals surface area contributed by atoms with E-state index in [1.54, 1.807) is 0 Å². The fourth-order valence-electron chi connectivity index (χ4n) is 5.00. The molecule has 0 heterocycles. The van der Waals surface area contributed by atoms with Crippen LogP contribution in [0.4, 0.5) is 0 Å². The van der Waals surface area contributed by atoms with Gasteiger partial charge in [-0.2, -0.15) is 0 Å². The summed E-state index contributed by atoms with van der Waals surface area (Å²) in [5.74, 6) is 1.68. The van der Waals surface area contributed by atoms with Gasteiger partial charge in [-0.1, -0.05) is 0 Å². The van der Waals surface area contributed by atoms with E-state index >= 15 is 0 Å². The maximum atomic E-state index is 6.74. The molecule has 3 rings (SSSR count). The molecule has 3 heteroatoms. The van der Waals surface area contributed by atoms with Gasteiger partial charge in [0.2, 0.25) is 0 Å². The second-order valence-electron chi connectivity index (χ2n) is 10.4. The molecule has 3 aromatic rings. The van der Waals surface area contributed by atoms with Crippen molar-refractivity contribution in [2.45, 2.75) is 79.1 Å². The molecule has 2 nitrogen and oxygen atoms in total. The van der Waals surface area contributed by atoms with Gasteiger partial charge < -0.3 is 0 Å². The topological polar surface area (TPSA) is 52.0 Å². The van der Waals surface area contributed by atoms with Gasteiger partial charge in [-0.15, -0.1) is 0 Å². The third kappa shape index (κ3) is 5.13. The van der Waals surface area contributed by atoms with Crippen LogP contribution in [0.25, 0.3) is 22.3 Å². The summed E-state index contributed by atoms with van der Waals surface area (Å²) in [5.41, 5.74) is 10.7. The van der Waals surface area contributed by atoms with Gasteiger partial charge >= 0.3 is 207 Å². The summed E-state index contributed by atoms with van der Waals surface area (Å²) >= 11 is -2.47. The van der Waals surface area contributed by atoms with Gasteiger partial charge in [0.25, 0.3) is 0 Å². The summed E-state index contributed by atoms with van der Waals surface area (Å²) in [4.78, 5) is 0. The second kappa shape index (κ2) is 10.6. The molecule has 0 spiro atoms. The average Bonchev–Trinajstić information content (AvgIpc) is 2.77. The third-order valence-electron chi connectivity index (χ3n) is 6.64. The minimum atomic E-state index is -2.47. The molecule has 0 atom stereocenters. The Morgan fingerprint density at radius 1 is 0.485 bits per heavy atom. The van der Waals surface area contributed by atoms with E-state index in [4.69, 9.17) is 9.38 Å². The number of nitrogens with two attached hydrogens (primary N) is 2. The summed E-state index contributed by atoms with van der Waals surface area (Å²) < 4.78 is 14.7. The summed E-state index contributed by atoms with van der Waals surface area (Å²) in [6.07, 6.45) is 0. The fraction of sp³-hybridized carbons (Fsp3) is 0.400. The van der Waals surface area contributed by atoms with Crippen LogP contribution in [-0.4, -0.2) is 14.8 Å². The molecule has 0 aliphatic heterocycles. The monoisotopic (exact) mass is 503 g/mol. The first-order valence-corrected chi connectivity index (χ1v) is 15.8. The molecule has 3 aromatic carbocycles. The van der Waals surface area contributed by atoms with Crippen molar-refractivity contribution in [1.82, 2.24) is 0 Å². The van der Waals surface area contributed by atoms with Crippen LogP contribution in [0.5, 0.6) is 0 Å². The molecular formula is C30H41GeN2. The van der Waals surface area contributed by atoms with Gasteiger partial charge in [0.1, 0.15) is 0 Å². The van der Waals surface area contributed by atoms with Crippen molar-refractivity contribution in [2.75, 3.05) is 0 Å². The predicted molar refractivity (Wildman–Crippen MR) is 147 cm³/mol. The Kier molecular flexibility index (Phi) is 8.26. The zero-order valence-electron chi connectivity index (χ0n) is 21.7. The average molecular weight is 502 g/mol. The van der Waals surface area contributed by atoms with Gasteiger partial charge in [0.05, 0.1) is 0 Å². The van der Waals surface area contributed by atoms with E-state index in [2.05, 4.69) is 110 Å². The van der Waals surface area contributed by atoms with Crippen molar-refractivity contribution in [1.29, 1.82) is 0 Å². The molecule has 0 saturated carbocycles. The van der Waals surface area contributed by atoms with Crippen molar-refractivity contribution in [2.24, 2.45) is 9.38 Å². The van der Waals surface area contributed by atoms with Crippen molar-refractivity contribution in [3.63, 3.8) is 0 Å². The summed E-state index contributed by atoms with van der Waals surface area (Å²) in [5, 5.41) is 0. The maximum absolute atomic E-state index is 6.74. The molecule has 175 valence electrons. The molecule has 0 saturated heterocycles. The number of hydrogen-bond acceptors (Lipinski definition) is 2. The molecule has 4 N–H and O–H groups in total. The van der Waals surface area contributed by atoms with E-state index in [-0.39, 0.29) is 0 Å². The fourth-order valence-corrected chi connectivity index (χ4v) is 7.18. The Balaban J connectivity index is 2.48. The summed E-state index contributed by atoms with van der Waals surface area (Å²) in [7, 11) is 0. The first-order valence-electron chi connectivity index (χ1n) is 12.3. The number of hydrogen-bond donors (Lipinski definition) is 2. The van der Waals surface area contributed by atoms with Gasteiger partial charge in [-0.05, 0) is 0 Å². The van der Waals surface area contributed by atoms with Crippen LogP contribution in [0.1, 0.15) is 101 Å². The molecule has 0 aromatic heterocycles. The number of rotatable bonds is 7. The Morgan fingerprint density at radius 2 is 0.758 bits per heavy atom. The van der Waals surface area contributed by atoms with Crippen LogP contribution in [-0.2, 0) is 0 Å². The third-order valence-corrected chi connectivity index (χ3v) is 8.98. The zero-order valence-corrected chi connectivity index (χ0v) is 23.8. The SMILES string of the molecule is CC(C)c1cccc(C(C)C)c1-c1cccc(-c2c(C(C)C)cccc2C(C)C)[c]1[Ge]([NH2])[NH2]. The van der Waals surface area contributed by atoms with Gasteiger partial charge in [0, 0.05) is 0 Å².